The van der Waals surface area contributed by atoms with E-state index in [1.54, 1.807) is 11.8 Å². The van der Waals surface area contributed by atoms with Gasteiger partial charge in [0, 0.05) is 30.7 Å². The summed E-state index contributed by atoms with van der Waals surface area (Å²) in [6.07, 6.45) is 2.95. The SMILES string of the molecule is CC(C)c1ccc(S[C@@H]2CCN(C3CCOCC3)C2=O)cc1. The molecule has 0 spiro atoms. The number of ether oxygens (including phenoxy) is 1. The molecule has 4 heteroatoms. The summed E-state index contributed by atoms with van der Waals surface area (Å²) in [5.41, 5.74) is 1.35. The molecule has 2 aliphatic rings. The minimum absolute atomic E-state index is 0.0905. The Balaban J connectivity index is 1.60. The summed E-state index contributed by atoms with van der Waals surface area (Å²) in [6, 6.07) is 9.08. The molecule has 1 aromatic carbocycles. The van der Waals surface area contributed by atoms with Crippen molar-refractivity contribution in [1.29, 1.82) is 0 Å². The van der Waals surface area contributed by atoms with Gasteiger partial charge in [-0.25, -0.2) is 0 Å². The van der Waals surface area contributed by atoms with Crippen molar-refractivity contribution in [3.63, 3.8) is 0 Å². The molecule has 22 heavy (non-hydrogen) atoms. The van der Waals surface area contributed by atoms with Crippen molar-refractivity contribution in [3.8, 4) is 0 Å². The lowest BCUT2D eigenvalue weighted by Crippen LogP contribution is -2.41. The molecule has 2 aliphatic heterocycles. The van der Waals surface area contributed by atoms with Crippen molar-refractivity contribution in [2.45, 2.75) is 55.2 Å². The standard InChI is InChI=1S/C18H25NO2S/c1-13(2)14-3-5-16(6-4-14)22-17-7-10-19(18(17)20)15-8-11-21-12-9-15/h3-6,13,15,17H,7-12H2,1-2H3/t17-/m1/s1. The van der Waals surface area contributed by atoms with E-state index in [0.29, 0.717) is 17.9 Å². The Morgan fingerprint density at radius 2 is 1.82 bits per heavy atom. The van der Waals surface area contributed by atoms with Gasteiger partial charge in [-0.2, -0.15) is 0 Å². The van der Waals surface area contributed by atoms with Gasteiger partial charge in [0.25, 0.3) is 0 Å². The third-order valence-corrected chi connectivity index (χ3v) is 5.91. The number of nitrogens with zero attached hydrogens (tertiary/aromatic N) is 1. The molecule has 0 unspecified atom stereocenters. The summed E-state index contributed by atoms with van der Waals surface area (Å²) < 4.78 is 5.40. The number of hydrogen-bond donors (Lipinski definition) is 0. The van der Waals surface area contributed by atoms with Gasteiger partial charge in [-0.05, 0) is 42.9 Å². The highest BCUT2D eigenvalue weighted by Gasteiger charge is 2.36. The average Bonchev–Trinajstić information content (AvgIpc) is 2.90. The fraction of sp³-hybridized carbons (Fsp3) is 0.611. The van der Waals surface area contributed by atoms with Gasteiger partial charge in [0.05, 0.1) is 5.25 Å². The molecule has 2 fully saturated rings. The topological polar surface area (TPSA) is 29.5 Å². The van der Waals surface area contributed by atoms with Gasteiger partial charge in [0.15, 0.2) is 0 Å². The first kappa shape index (κ1) is 15.9. The monoisotopic (exact) mass is 319 g/mol. The summed E-state index contributed by atoms with van der Waals surface area (Å²) in [6.45, 7) is 6.90. The molecule has 0 bridgehead atoms. The van der Waals surface area contributed by atoms with Crippen LogP contribution in [0.5, 0.6) is 0 Å². The summed E-state index contributed by atoms with van der Waals surface area (Å²) in [7, 11) is 0. The van der Waals surface area contributed by atoms with Crippen molar-refractivity contribution in [1.82, 2.24) is 4.90 Å². The van der Waals surface area contributed by atoms with Crippen LogP contribution in [-0.4, -0.2) is 41.9 Å². The molecule has 1 aromatic rings. The van der Waals surface area contributed by atoms with Gasteiger partial charge in [0.1, 0.15) is 0 Å². The van der Waals surface area contributed by atoms with E-state index < -0.39 is 0 Å². The van der Waals surface area contributed by atoms with Crippen LogP contribution in [0.2, 0.25) is 0 Å². The van der Waals surface area contributed by atoms with Crippen molar-refractivity contribution < 1.29 is 9.53 Å². The number of rotatable bonds is 4. The zero-order valence-electron chi connectivity index (χ0n) is 13.5. The van der Waals surface area contributed by atoms with Crippen molar-refractivity contribution in [3.05, 3.63) is 29.8 Å². The second-order valence-electron chi connectivity index (χ2n) is 6.49. The van der Waals surface area contributed by atoms with Crippen LogP contribution in [0.4, 0.5) is 0 Å². The minimum Gasteiger partial charge on any atom is -0.381 e. The maximum Gasteiger partial charge on any atom is 0.236 e. The van der Waals surface area contributed by atoms with Crippen molar-refractivity contribution >= 4 is 17.7 Å². The number of carbonyl (C=O) groups is 1. The molecular weight excluding hydrogens is 294 g/mol. The van der Waals surface area contributed by atoms with Crippen molar-refractivity contribution in [2.75, 3.05) is 19.8 Å². The fourth-order valence-electron chi connectivity index (χ4n) is 3.24. The van der Waals surface area contributed by atoms with E-state index >= 15 is 0 Å². The molecule has 120 valence electrons. The van der Waals surface area contributed by atoms with Crippen LogP contribution in [0.15, 0.2) is 29.2 Å². The van der Waals surface area contributed by atoms with Crippen LogP contribution in [0.25, 0.3) is 0 Å². The molecule has 0 saturated carbocycles. The molecule has 1 amide bonds. The molecular formula is C18H25NO2S. The lowest BCUT2D eigenvalue weighted by atomic mass is 10.0. The highest BCUT2D eigenvalue weighted by Crippen LogP contribution is 2.33. The van der Waals surface area contributed by atoms with Crippen LogP contribution in [-0.2, 0) is 9.53 Å². The molecule has 0 aromatic heterocycles. The van der Waals surface area contributed by atoms with Gasteiger partial charge < -0.3 is 9.64 Å². The normalized spacial score (nSPS) is 23.5. The lowest BCUT2D eigenvalue weighted by Gasteiger charge is -2.31. The molecule has 2 saturated heterocycles. The summed E-state index contributed by atoms with van der Waals surface area (Å²) in [5.74, 6) is 0.876. The lowest BCUT2D eigenvalue weighted by molar-refractivity contribution is -0.130. The Morgan fingerprint density at radius 3 is 2.45 bits per heavy atom. The number of carbonyl (C=O) groups excluding carboxylic acids is 1. The molecule has 2 heterocycles. The number of benzene rings is 1. The van der Waals surface area contributed by atoms with Gasteiger partial charge in [0.2, 0.25) is 5.91 Å². The zero-order chi connectivity index (χ0) is 15.5. The predicted octanol–water partition coefficient (Wildman–Crippen LogP) is 3.68. The van der Waals surface area contributed by atoms with Crippen LogP contribution < -0.4 is 0 Å². The van der Waals surface area contributed by atoms with E-state index in [1.165, 1.54) is 10.5 Å². The number of thioether (sulfide) groups is 1. The van der Waals surface area contributed by atoms with Gasteiger partial charge >= 0.3 is 0 Å². The van der Waals surface area contributed by atoms with E-state index in [9.17, 15) is 4.79 Å². The van der Waals surface area contributed by atoms with Crippen molar-refractivity contribution in [2.24, 2.45) is 0 Å². The van der Waals surface area contributed by atoms with E-state index in [2.05, 4.69) is 43.0 Å². The molecule has 0 N–H and O–H groups in total. The molecule has 1 atom stereocenters. The Labute approximate surface area is 137 Å². The smallest absolute Gasteiger partial charge is 0.236 e. The fourth-order valence-corrected chi connectivity index (χ4v) is 4.32. The van der Waals surface area contributed by atoms with Crippen LogP contribution >= 0.6 is 11.8 Å². The Morgan fingerprint density at radius 1 is 1.14 bits per heavy atom. The molecule has 0 radical (unpaired) electrons. The van der Waals surface area contributed by atoms with Crippen LogP contribution in [0.1, 0.15) is 44.6 Å². The van der Waals surface area contributed by atoms with E-state index in [1.807, 2.05) is 0 Å². The van der Waals surface area contributed by atoms with E-state index in [-0.39, 0.29) is 5.25 Å². The summed E-state index contributed by atoms with van der Waals surface area (Å²) in [5, 5.41) is 0.0905. The Hall–Kier alpha value is -1.00. The second kappa shape index (κ2) is 7.05. The summed E-state index contributed by atoms with van der Waals surface area (Å²) >= 11 is 1.73. The quantitative estimate of drug-likeness (QED) is 0.848. The first-order valence-corrected chi connectivity index (χ1v) is 9.18. The highest BCUT2D eigenvalue weighted by atomic mass is 32.2. The van der Waals surface area contributed by atoms with Crippen LogP contribution in [0.3, 0.4) is 0 Å². The maximum absolute atomic E-state index is 12.6. The van der Waals surface area contributed by atoms with Gasteiger partial charge in [-0.1, -0.05) is 26.0 Å². The number of hydrogen-bond acceptors (Lipinski definition) is 3. The molecule has 3 rings (SSSR count). The van der Waals surface area contributed by atoms with E-state index in [0.717, 1.165) is 39.0 Å². The molecule has 3 nitrogen and oxygen atoms in total. The Kier molecular flexibility index (Phi) is 5.09. The van der Waals surface area contributed by atoms with Crippen LogP contribution in [0, 0.1) is 0 Å². The zero-order valence-corrected chi connectivity index (χ0v) is 14.3. The number of amides is 1. The predicted molar refractivity (Wildman–Crippen MR) is 90.3 cm³/mol. The minimum atomic E-state index is 0.0905. The first-order chi connectivity index (χ1) is 10.6. The largest absolute Gasteiger partial charge is 0.381 e. The third kappa shape index (κ3) is 3.49. The molecule has 0 aliphatic carbocycles. The average molecular weight is 319 g/mol. The maximum atomic E-state index is 12.6. The summed E-state index contributed by atoms with van der Waals surface area (Å²) in [4.78, 5) is 16.0. The number of likely N-dealkylation sites (tertiary alicyclic amines) is 1. The van der Waals surface area contributed by atoms with Gasteiger partial charge in [-0.3, -0.25) is 4.79 Å². The third-order valence-electron chi connectivity index (χ3n) is 4.65. The van der Waals surface area contributed by atoms with Gasteiger partial charge in [-0.15, -0.1) is 11.8 Å². The first-order valence-electron chi connectivity index (χ1n) is 8.30. The Bertz CT molecular complexity index is 508. The van der Waals surface area contributed by atoms with E-state index in [4.69, 9.17) is 4.74 Å². The highest BCUT2D eigenvalue weighted by molar-refractivity contribution is 8.00. The second-order valence-corrected chi connectivity index (χ2v) is 7.77.